The molecule has 0 spiro atoms. The van der Waals surface area contributed by atoms with Crippen LogP contribution < -0.4 is 5.73 Å². The lowest BCUT2D eigenvalue weighted by atomic mass is 9.79. The highest BCUT2D eigenvalue weighted by Gasteiger charge is 2.47. The molecule has 2 saturated carbocycles. The van der Waals surface area contributed by atoms with Gasteiger partial charge in [-0.25, -0.2) is 0 Å². The first-order valence-corrected chi connectivity index (χ1v) is 9.21. The summed E-state index contributed by atoms with van der Waals surface area (Å²) in [5, 5.41) is 0. The zero-order valence-electron chi connectivity index (χ0n) is 14.0. The molecule has 21 heavy (non-hydrogen) atoms. The van der Waals surface area contributed by atoms with Gasteiger partial charge in [0.2, 0.25) is 0 Å². The molecule has 1 heteroatoms. The monoisotopic (exact) mass is 287 g/mol. The van der Waals surface area contributed by atoms with Gasteiger partial charge in [0.15, 0.2) is 0 Å². The highest BCUT2D eigenvalue weighted by Crippen LogP contribution is 2.56. The maximum Gasteiger partial charge on any atom is 0.00389 e. The lowest BCUT2D eigenvalue weighted by Crippen LogP contribution is -2.18. The second-order valence-corrected chi connectivity index (χ2v) is 8.11. The van der Waals surface area contributed by atoms with Gasteiger partial charge >= 0.3 is 0 Å². The van der Waals surface area contributed by atoms with Gasteiger partial charge in [0.05, 0.1) is 0 Å². The number of hydrogen-bond donors (Lipinski definition) is 1. The van der Waals surface area contributed by atoms with E-state index in [-0.39, 0.29) is 0 Å². The van der Waals surface area contributed by atoms with Crippen LogP contribution in [-0.2, 0) is 0 Å². The number of nitrogens with two attached hydrogens (primary N) is 1. The van der Waals surface area contributed by atoms with Gasteiger partial charge in [-0.1, -0.05) is 44.9 Å². The van der Waals surface area contributed by atoms with E-state index in [0.717, 1.165) is 29.6 Å². The van der Waals surface area contributed by atoms with E-state index in [0.29, 0.717) is 6.04 Å². The SMILES string of the molecule is C=C(CCC1CCCC(N)CC1)C1=CC(C)C2CC2C1C. The van der Waals surface area contributed by atoms with Crippen molar-refractivity contribution < 1.29 is 0 Å². The van der Waals surface area contributed by atoms with Gasteiger partial charge in [-0.05, 0) is 73.7 Å². The molecule has 0 bridgehead atoms. The van der Waals surface area contributed by atoms with Crippen LogP contribution in [0.2, 0.25) is 0 Å². The Hall–Kier alpha value is -0.560. The molecular formula is C20H33N. The van der Waals surface area contributed by atoms with Gasteiger partial charge in [-0.15, -0.1) is 0 Å². The summed E-state index contributed by atoms with van der Waals surface area (Å²) in [5.74, 6) is 4.39. The number of rotatable bonds is 4. The second kappa shape index (κ2) is 6.28. The third-order valence-corrected chi connectivity index (χ3v) is 6.54. The van der Waals surface area contributed by atoms with E-state index in [9.17, 15) is 0 Å². The molecule has 0 aromatic heterocycles. The third kappa shape index (κ3) is 3.44. The number of fused-ring (bicyclic) bond motifs is 1. The van der Waals surface area contributed by atoms with Crippen molar-refractivity contribution in [1.29, 1.82) is 0 Å². The van der Waals surface area contributed by atoms with Crippen molar-refractivity contribution in [3.63, 3.8) is 0 Å². The van der Waals surface area contributed by atoms with Crippen LogP contribution in [0.1, 0.15) is 65.2 Å². The smallest absolute Gasteiger partial charge is 0.00389 e. The van der Waals surface area contributed by atoms with Crippen LogP contribution in [0.4, 0.5) is 0 Å². The first-order chi connectivity index (χ1) is 10.1. The van der Waals surface area contributed by atoms with E-state index >= 15 is 0 Å². The number of allylic oxidation sites excluding steroid dienone is 3. The van der Waals surface area contributed by atoms with Crippen LogP contribution in [-0.4, -0.2) is 6.04 Å². The largest absolute Gasteiger partial charge is 0.328 e. The van der Waals surface area contributed by atoms with Gasteiger partial charge in [-0.2, -0.15) is 0 Å². The molecule has 0 aromatic carbocycles. The van der Waals surface area contributed by atoms with E-state index in [4.69, 9.17) is 5.73 Å². The Bertz CT molecular complexity index is 422. The summed E-state index contributed by atoms with van der Waals surface area (Å²) in [6.45, 7) is 9.27. The quantitative estimate of drug-likeness (QED) is 0.717. The van der Waals surface area contributed by atoms with Crippen LogP contribution in [0.3, 0.4) is 0 Å². The van der Waals surface area contributed by atoms with Crippen molar-refractivity contribution in [1.82, 2.24) is 0 Å². The maximum atomic E-state index is 6.10. The van der Waals surface area contributed by atoms with E-state index in [2.05, 4.69) is 26.5 Å². The molecule has 1 nitrogen and oxygen atoms in total. The van der Waals surface area contributed by atoms with Gasteiger partial charge in [0, 0.05) is 6.04 Å². The van der Waals surface area contributed by atoms with Crippen LogP contribution in [0.5, 0.6) is 0 Å². The molecule has 2 fully saturated rings. The highest BCUT2D eigenvalue weighted by atomic mass is 14.6. The first kappa shape index (κ1) is 15.3. The van der Waals surface area contributed by atoms with E-state index in [1.807, 2.05) is 0 Å². The predicted octanol–water partition coefficient (Wildman–Crippen LogP) is 5.08. The lowest BCUT2D eigenvalue weighted by molar-refractivity contribution is 0.418. The van der Waals surface area contributed by atoms with Gasteiger partial charge < -0.3 is 5.73 Å². The summed E-state index contributed by atoms with van der Waals surface area (Å²) >= 11 is 0. The Balaban J connectivity index is 1.52. The standard InChI is InChI=1S/C20H33N/c1-13(7-8-16-5-4-6-17(21)10-9-16)18-11-14(2)19-12-20(19)15(18)3/h11,14-17,19-20H,1,4-10,12,21H2,2-3H3. The minimum absolute atomic E-state index is 0.465. The average Bonchev–Trinajstić information content (AvgIpc) is 3.26. The third-order valence-electron chi connectivity index (χ3n) is 6.54. The van der Waals surface area contributed by atoms with Crippen molar-refractivity contribution in [2.75, 3.05) is 0 Å². The summed E-state index contributed by atoms with van der Waals surface area (Å²) in [7, 11) is 0. The molecule has 0 aliphatic heterocycles. The van der Waals surface area contributed by atoms with E-state index < -0.39 is 0 Å². The molecule has 0 radical (unpaired) electrons. The second-order valence-electron chi connectivity index (χ2n) is 8.11. The fourth-order valence-corrected chi connectivity index (χ4v) is 4.86. The summed E-state index contributed by atoms with van der Waals surface area (Å²) in [6.07, 6.45) is 13.1. The van der Waals surface area contributed by atoms with Gasteiger partial charge in [0.25, 0.3) is 0 Å². The van der Waals surface area contributed by atoms with Crippen molar-refractivity contribution in [2.45, 2.75) is 71.3 Å². The van der Waals surface area contributed by atoms with Crippen LogP contribution in [0, 0.1) is 29.6 Å². The Morgan fingerprint density at radius 1 is 1.19 bits per heavy atom. The first-order valence-electron chi connectivity index (χ1n) is 9.21. The van der Waals surface area contributed by atoms with E-state index in [1.165, 1.54) is 56.9 Å². The van der Waals surface area contributed by atoms with Crippen LogP contribution in [0.15, 0.2) is 23.8 Å². The highest BCUT2D eigenvalue weighted by molar-refractivity contribution is 5.35. The van der Waals surface area contributed by atoms with Crippen molar-refractivity contribution in [3.8, 4) is 0 Å². The number of hydrogen-bond acceptors (Lipinski definition) is 1. The molecule has 6 unspecified atom stereocenters. The summed E-state index contributed by atoms with van der Waals surface area (Å²) in [4.78, 5) is 0. The maximum absolute atomic E-state index is 6.10. The Morgan fingerprint density at radius 2 is 2.00 bits per heavy atom. The predicted molar refractivity (Wildman–Crippen MR) is 90.9 cm³/mol. The van der Waals surface area contributed by atoms with Crippen LogP contribution in [0.25, 0.3) is 0 Å². The topological polar surface area (TPSA) is 26.0 Å². The summed E-state index contributed by atoms with van der Waals surface area (Å²) in [5.41, 5.74) is 9.14. The molecule has 3 aliphatic carbocycles. The van der Waals surface area contributed by atoms with Crippen molar-refractivity contribution in [2.24, 2.45) is 35.3 Å². The average molecular weight is 287 g/mol. The molecule has 0 heterocycles. The van der Waals surface area contributed by atoms with Gasteiger partial charge in [0.1, 0.15) is 0 Å². The molecule has 3 aliphatic rings. The minimum Gasteiger partial charge on any atom is -0.328 e. The molecule has 3 rings (SSSR count). The zero-order valence-corrected chi connectivity index (χ0v) is 14.0. The van der Waals surface area contributed by atoms with Crippen molar-refractivity contribution >= 4 is 0 Å². The molecule has 0 saturated heterocycles. The lowest BCUT2D eigenvalue weighted by Gasteiger charge is -2.26. The zero-order chi connectivity index (χ0) is 15.0. The Labute approximate surface area is 131 Å². The molecule has 0 amide bonds. The molecule has 6 atom stereocenters. The van der Waals surface area contributed by atoms with Gasteiger partial charge in [-0.3, -0.25) is 0 Å². The molecular weight excluding hydrogens is 254 g/mol. The molecule has 118 valence electrons. The van der Waals surface area contributed by atoms with E-state index in [1.54, 1.807) is 5.57 Å². The summed E-state index contributed by atoms with van der Waals surface area (Å²) in [6, 6.07) is 0.465. The Morgan fingerprint density at radius 3 is 2.81 bits per heavy atom. The minimum atomic E-state index is 0.465. The van der Waals surface area contributed by atoms with Crippen molar-refractivity contribution in [3.05, 3.63) is 23.8 Å². The fraction of sp³-hybridized carbons (Fsp3) is 0.800. The summed E-state index contributed by atoms with van der Waals surface area (Å²) < 4.78 is 0. The fourth-order valence-electron chi connectivity index (χ4n) is 4.86. The Kier molecular flexibility index (Phi) is 4.59. The van der Waals surface area contributed by atoms with Crippen LogP contribution >= 0.6 is 0 Å². The molecule has 2 N–H and O–H groups in total. The molecule has 0 aromatic rings. The normalized spacial score (nSPS) is 42.7.